The van der Waals surface area contributed by atoms with Gasteiger partial charge in [0.05, 0.1) is 6.20 Å². The van der Waals surface area contributed by atoms with Crippen molar-refractivity contribution < 1.29 is 4.39 Å². The van der Waals surface area contributed by atoms with Gasteiger partial charge in [0.2, 0.25) is 0 Å². The maximum Gasteiger partial charge on any atom is 0.184 e. The molecule has 0 fully saturated rings. The van der Waals surface area contributed by atoms with Gasteiger partial charge in [0.1, 0.15) is 12.5 Å². The Hall–Kier alpha value is -1.45. The van der Waals surface area contributed by atoms with E-state index in [0.717, 1.165) is 6.20 Å². The molecule has 0 N–H and O–H groups in total. The van der Waals surface area contributed by atoms with Crippen LogP contribution >= 0.6 is 0 Å². The Morgan fingerprint density at radius 3 is 3.30 bits per heavy atom. The van der Waals surface area contributed by atoms with E-state index in [1.165, 1.54) is 16.9 Å². The molecule has 10 heavy (non-hydrogen) atoms. The van der Waals surface area contributed by atoms with Crippen LogP contribution in [-0.4, -0.2) is 14.4 Å². The smallest absolute Gasteiger partial charge is 0.184 e. The summed E-state index contributed by atoms with van der Waals surface area (Å²) in [6, 6.07) is 0. The van der Waals surface area contributed by atoms with Gasteiger partial charge in [-0.15, -0.1) is 0 Å². The fraction of sp³-hybridized carbons (Fsp3) is 0. The first-order valence-electron chi connectivity index (χ1n) is 2.72. The van der Waals surface area contributed by atoms with Crippen molar-refractivity contribution in [3.05, 3.63) is 30.7 Å². The lowest BCUT2D eigenvalue weighted by molar-refractivity contribution is 0.622. The van der Waals surface area contributed by atoms with E-state index in [4.69, 9.17) is 0 Å². The molecule has 0 aliphatic heterocycles. The number of hydrogen-bond acceptors (Lipinski definition) is 2. The zero-order valence-corrected chi connectivity index (χ0v) is 4.95. The van der Waals surface area contributed by atoms with E-state index in [2.05, 4.69) is 16.2 Å². The second-order valence-electron chi connectivity index (χ2n) is 1.84. The Balaban J connectivity index is 2.95. The lowest BCUT2D eigenvalue weighted by atomic mass is 10.6. The Labute approximate surface area is 56.2 Å². The van der Waals surface area contributed by atoms with Crippen LogP contribution in [-0.2, 0) is 0 Å². The molecule has 1 radical (unpaired) electrons. The summed E-state index contributed by atoms with van der Waals surface area (Å²) in [4.78, 5) is 7.25. The topological polar surface area (TPSA) is 30.2 Å². The zero-order chi connectivity index (χ0) is 6.97. The fourth-order valence-corrected chi connectivity index (χ4v) is 0.764. The largest absolute Gasteiger partial charge is 0.287 e. The molecule has 0 spiro atoms. The molecular weight excluding hydrogens is 133 g/mol. The van der Waals surface area contributed by atoms with Gasteiger partial charge in [-0.2, -0.15) is 0 Å². The lowest BCUT2D eigenvalue weighted by Gasteiger charge is -1.89. The lowest BCUT2D eigenvalue weighted by Crippen LogP contribution is -1.88. The molecule has 0 atom stereocenters. The molecule has 2 aromatic rings. The van der Waals surface area contributed by atoms with E-state index < -0.39 is 5.82 Å². The van der Waals surface area contributed by atoms with Crippen molar-refractivity contribution >= 4 is 5.65 Å². The third kappa shape index (κ3) is 0.586. The highest BCUT2D eigenvalue weighted by Crippen LogP contribution is 2.02. The molecule has 2 heterocycles. The number of aromatic nitrogens is 3. The van der Waals surface area contributed by atoms with Crippen LogP contribution in [0.25, 0.3) is 5.65 Å². The van der Waals surface area contributed by atoms with Crippen molar-refractivity contribution in [1.82, 2.24) is 14.4 Å². The number of fused-ring (bicyclic) bond motifs is 1. The van der Waals surface area contributed by atoms with Crippen molar-refractivity contribution in [1.29, 1.82) is 0 Å². The van der Waals surface area contributed by atoms with Crippen LogP contribution in [0, 0.1) is 12.0 Å². The minimum Gasteiger partial charge on any atom is -0.287 e. The minimum absolute atomic E-state index is 0.259. The summed E-state index contributed by atoms with van der Waals surface area (Å²) >= 11 is 0. The fourth-order valence-electron chi connectivity index (χ4n) is 0.764. The summed E-state index contributed by atoms with van der Waals surface area (Å²) in [7, 11) is 0. The highest BCUT2D eigenvalue weighted by atomic mass is 19.1. The van der Waals surface area contributed by atoms with Crippen molar-refractivity contribution in [3.8, 4) is 0 Å². The van der Waals surface area contributed by atoms with Gasteiger partial charge in [-0.3, -0.25) is 4.40 Å². The number of halogens is 1. The van der Waals surface area contributed by atoms with E-state index in [9.17, 15) is 4.39 Å². The van der Waals surface area contributed by atoms with E-state index in [1.807, 2.05) is 0 Å². The molecule has 2 aromatic heterocycles. The number of imidazole rings is 1. The van der Waals surface area contributed by atoms with Crippen LogP contribution in [0.5, 0.6) is 0 Å². The first-order chi connectivity index (χ1) is 4.88. The summed E-state index contributed by atoms with van der Waals surface area (Å²) in [6.07, 6.45) is 6.63. The molecule has 0 saturated carbocycles. The second kappa shape index (κ2) is 1.76. The van der Waals surface area contributed by atoms with Gasteiger partial charge in [-0.25, -0.2) is 14.4 Å². The SMILES string of the molecule is Fc1cncn2c[c]nc12. The maximum absolute atomic E-state index is 12.7. The molecule has 3 nitrogen and oxygen atoms in total. The molecule has 0 aliphatic carbocycles. The van der Waals surface area contributed by atoms with Crippen LogP contribution in [0.15, 0.2) is 18.7 Å². The van der Waals surface area contributed by atoms with Gasteiger partial charge in [-0.1, -0.05) is 0 Å². The number of hydrogen-bond donors (Lipinski definition) is 0. The predicted molar refractivity (Wildman–Crippen MR) is 31.8 cm³/mol. The van der Waals surface area contributed by atoms with Crippen molar-refractivity contribution in [2.24, 2.45) is 0 Å². The third-order valence-electron chi connectivity index (χ3n) is 1.20. The number of rotatable bonds is 0. The Kier molecular flexibility index (Phi) is 0.943. The molecule has 0 amide bonds. The van der Waals surface area contributed by atoms with Crippen molar-refractivity contribution in [2.75, 3.05) is 0 Å². The highest BCUT2D eigenvalue weighted by Gasteiger charge is 1.98. The van der Waals surface area contributed by atoms with Gasteiger partial charge in [0.15, 0.2) is 11.5 Å². The average Bonchev–Trinajstić information content (AvgIpc) is 2.36. The van der Waals surface area contributed by atoms with Crippen LogP contribution < -0.4 is 0 Å². The highest BCUT2D eigenvalue weighted by molar-refractivity contribution is 5.36. The van der Waals surface area contributed by atoms with E-state index in [0.29, 0.717) is 0 Å². The molecule has 0 aliphatic rings. The first-order valence-corrected chi connectivity index (χ1v) is 2.72. The zero-order valence-electron chi connectivity index (χ0n) is 4.95. The van der Waals surface area contributed by atoms with Crippen LogP contribution in [0.4, 0.5) is 4.39 Å². The average molecular weight is 136 g/mol. The molecule has 0 aromatic carbocycles. The van der Waals surface area contributed by atoms with Crippen molar-refractivity contribution in [3.63, 3.8) is 0 Å². The summed E-state index contributed by atoms with van der Waals surface area (Å²) < 4.78 is 14.1. The van der Waals surface area contributed by atoms with Gasteiger partial charge in [0, 0.05) is 6.20 Å². The molecule has 2 rings (SSSR count). The third-order valence-corrected chi connectivity index (χ3v) is 1.20. The van der Waals surface area contributed by atoms with E-state index >= 15 is 0 Å². The summed E-state index contributed by atoms with van der Waals surface area (Å²) in [6.45, 7) is 0. The normalized spacial score (nSPS) is 10.5. The van der Waals surface area contributed by atoms with E-state index in [1.54, 1.807) is 0 Å². The molecule has 0 saturated heterocycles. The van der Waals surface area contributed by atoms with Gasteiger partial charge >= 0.3 is 0 Å². The first kappa shape index (κ1) is 5.34. The molecular formula is C6H3FN3. The van der Waals surface area contributed by atoms with Crippen LogP contribution in [0.3, 0.4) is 0 Å². The van der Waals surface area contributed by atoms with Gasteiger partial charge in [0.25, 0.3) is 0 Å². The number of nitrogens with zero attached hydrogens (tertiary/aromatic N) is 3. The molecule has 4 heteroatoms. The standard InChI is InChI=1S/C6H3FN3/c7-5-3-8-4-10-2-1-9-6(5)10/h2-4H. The summed E-state index contributed by atoms with van der Waals surface area (Å²) in [5.74, 6) is -0.427. The Morgan fingerprint density at radius 1 is 1.60 bits per heavy atom. The predicted octanol–water partition coefficient (Wildman–Crippen LogP) is 0.669. The molecule has 49 valence electrons. The second-order valence-corrected chi connectivity index (χ2v) is 1.84. The van der Waals surface area contributed by atoms with Crippen LogP contribution in [0.1, 0.15) is 0 Å². The maximum atomic E-state index is 12.7. The Bertz CT molecular complexity index is 355. The van der Waals surface area contributed by atoms with Gasteiger partial charge in [-0.05, 0) is 0 Å². The van der Waals surface area contributed by atoms with E-state index in [-0.39, 0.29) is 5.65 Å². The monoisotopic (exact) mass is 136 g/mol. The quantitative estimate of drug-likeness (QED) is 0.532. The minimum atomic E-state index is -0.427. The summed E-state index contributed by atoms with van der Waals surface area (Å²) in [5, 5.41) is 0. The molecule has 0 unspecified atom stereocenters. The van der Waals surface area contributed by atoms with Crippen LogP contribution in [0.2, 0.25) is 0 Å². The van der Waals surface area contributed by atoms with Crippen molar-refractivity contribution in [2.45, 2.75) is 0 Å². The summed E-state index contributed by atoms with van der Waals surface area (Å²) in [5.41, 5.74) is 0.259. The van der Waals surface area contributed by atoms with Gasteiger partial charge < -0.3 is 0 Å². The Morgan fingerprint density at radius 2 is 2.50 bits per heavy atom. The molecule has 0 bridgehead atoms.